The van der Waals surface area contributed by atoms with Crippen molar-refractivity contribution in [1.29, 1.82) is 0 Å². The second-order valence-electron chi connectivity index (χ2n) is 4.55. The number of H-pyrrole nitrogens is 1. The summed E-state index contributed by atoms with van der Waals surface area (Å²) >= 11 is 0. The number of aromatic nitrogens is 1. The predicted octanol–water partition coefficient (Wildman–Crippen LogP) is 3.47. The Labute approximate surface area is 129 Å². The molecule has 1 aromatic carbocycles. The van der Waals surface area contributed by atoms with Gasteiger partial charge < -0.3 is 9.72 Å². The molecule has 0 aliphatic rings. The van der Waals surface area contributed by atoms with Gasteiger partial charge in [0, 0.05) is 6.20 Å². The van der Waals surface area contributed by atoms with E-state index in [2.05, 4.69) is 9.72 Å². The summed E-state index contributed by atoms with van der Waals surface area (Å²) in [6.45, 7) is 0. The normalized spacial score (nSPS) is 12.1. The number of carbonyl (C=O) groups excluding carboxylic acids is 2. The van der Waals surface area contributed by atoms with Gasteiger partial charge in [0.15, 0.2) is 0 Å². The van der Waals surface area contributed by atoms with Gasteiger partial charge in [-0.05, 0) is 29.8 Å². The van der Waals surface area contributed by atoms with E-state index >= 15 is 0 Å². The number of ether oxygens (including phenoxy) is 1. The van der Waals surface area contributed by atoms with Gasteiger partial charge in [-0.2, -0.15) is 13.2 Å². The zero-order valence-corrected chi connectivity index (χ0v) is 12.0. The smallest absolute Gasteiger partial charge is 0.416 e. The van der Waals surface area contributed by atoms with E-state index in [9.17, 15) is 22.8 Å². The van der Waals surface area contributed by atoms with Gasteiger partial charge in [-0.25, -0.2) is 4.79 Å². The van der Waals surface area contributed by atoms with Crippen LogP contribution in [-0.4, -0.2) is 23.8 Å². The number of alkyl halides is 3. The summed E-state index contributed by atoms with van der Waals surface area (Å²) in [6.07, 6.45) is -2.26. The van der Waals surface area contributed by atoms with Crippen LogP contribution in [0.1, 0.15) is 21.6 Å². The van der Waals surface area contributed by atoms with Crippen LogP contribution in [0.5, 0.6) is 0 Å². The van der Waals surface area contributed by atoms with Crippen LogP contribution in [0.25, 0.3) is 6.08 Å². The summed E-state index contributed by atoms with van der Waals surface area (Å²) in [7, 11) is 1.05. The monoisotopic (exact) mass is 323 g/mol. The molecule has 4 nitrogen and oxygen atoms in total. The lowest BCUT2D eigenvalue weighted by Gasteiger charge is -2.11. The number of carbonyl (C=O) groups is 2. The van der Waals surface area contributed by atoms with Crippen LogP contribution in [0.15, 0.2) is 48.2 Å². The number of hydrogen-bond acceptors (Lipinski definition) is 3. The number of nitrogens with one attached hydrogen (secondary N) is 1. The highest BCUT2D eigenvalue weighted by atomic mass is 19.4. The van der Waals surface area contributed by atoms with E-state index in [0.717, 1.165) is 19.3 Å². The predicted molar refractivity (Wildman–Crippen MR) is 76.6 cm³/mol. The molecule has 0 aliphatic heterocycles. The Morgan fingerprint density at radius 2 is 1.83 bits per heavy atom. The standard InChI is InChI=1S/C16H12F3NO3/c1-23-15(22)11(14(21)13-7-4-8-20-13)9-10-5-2-3-6-12(10)16(17,18)19/h2-9,20H,1H3/b11-9-. The molecule has 0 unspecified atom stereocenters. The highest BCUT2D eigenvalue weighted by Gasteiger charge is 2.33. The minimum atomic E-state index is -4.61. The zero-order valence-electron chi connectivity index (χ0n) is 12.0. The number of ketones is 1. The number of rotatable bonds is 4. The Morgan fingerprint density at radius 3 is 2.39 bits per heavy atom. The maximum atomic E-state index is 13.0. The van der Waals surface area contributed by atoms with E-state index < -0.39 is 29.1 Å². The number of Topliss-reactive ketones (excluding diaryl/α,β-unsaturated/α-hetero) is 1. The second kappa shape index (κ2) is 6.51. The number of esters is 1. The van der Waals surface area contributed by atoms with Gasteiger partial charge in [-0.3, -0.25) is 4.79 Å². The van der Waals surface area contributed by atoms with Gasteiger partial charge in [-0.1, -0.05) is 18.2 Å². The van der Waals surface area contributed by atoms with E-state index in [0.29, 0.717) is 0 Å². The first-order chi connectivity index (χ1) is 10.8. The van der Waals surface area contributed by atoms with E-state index in [1.165, 1.54) is 36.5 Å². The number of aromatic amines is 1. The van der Waals surface area contributed by atoms with Gasteiger partial charge in [0.1, 0.15) is 5.57 Å². The van der Waals surface area contributed by atoms with Gasteiger partial charge in [0.05, 0.1) is 18.4 Å². The molecule has 0 radical (unpaired) electrons. The van der Waals surface area contributed by atoms with Crippen LogP contribution in [0.4, 0.5) is 13.2 Å². The average molecular weight is 323 g/mol. The fraction of sp³-hybridized carbons (Fsp3) is 0.125. The summed E-state index contributed by atoms with van der Waals surface area (Å²) < 4.78 is 43.6. The Hall–Kier alpha value is -2.83. The summed E-state index contributed by atoms with van der Waals surface area (Å²) in [5.74, 6) is -1.76. The third-order valence-corrected chi connectivity index (χ3v) is 3.06. The van der Waals surface area contributed by atoms with Gasteiger partial charge in [0.25, 0.3) is 0 Å². The van der Waals surface area contributed by atoms with Crippen molar-refractivity contribution in [3.8, 4) is 0 Å². The quantitative estimate of drug-likeness (QED) is 0.308. The summed E-state index contributed by atoms with van der Waals surface area (Å²) in [6, 6.07) is 7.61. The number of hydrogen-bond donors (Lipinski definition) is 1. The first-order valence-electron chi connectivity index (χ1n) is 6.49. The summed E-state index contributed by atoms with van der Waals surface area (Å²) in [5, 5.41) is 0. The van der Waals surface area contributed by atoms with Crippen molar-refractivity contribution in [2.45, 2.75) is 6.18 Å². The molecular formula is C16H12F3NO3. The van der Waals surface area contributed by atoms with Gasteiger partial charge in [-0.15, -0.1) is 0 Å². The van der Waals surface area contributed by atoms with Gasteiger partial charge in [0.2, 0.25) is 5.78 Å². The molecule has 1 N–H and O–H groups in total. The van der Waals surface area contributed by atoms with E-state index in [4.69, 9.17) is 0 Å². The Morgan fingerprint density at radius 1 is 1.13 bits per heavy atom. The lowest BCUT2D eigenvalue weighted by atomic mass is 10.0. The van der Waals surface area contributed by atoms with E-state index in [-0.39, 0.29) is 11.3 Å². The molecule has 1 heterocycles. The van der Waals surface area contributed by atoms with Crippen molar-refractivity contribution in [1.82, 2.24) is 4.98 Å². The molecule has 0 bridgehead atoms. The first-order valence-corrected chi connectivity index (χ1v) is 6.49. The van der Waals surface area contributed by atoms with Crippen molar-refractivity contribution in [3.05, 3.63) is 65.0 Å². The molecule has 0 aliphatic carbocycles. The molecule has 0 amide bonds. The fourth-order valence-corrected chi connectivity index (χ4v) is 1.98. The van der Waals surface area contributed by atoms with Crippen molar-refractivity contribution >= 4 is 17.8 Å². The molecule has 0 saturated carbocycles. The zero-order chi connectivity index (χ0) is 17.0. The van der Waals surface area contributed by atoms with Gasteiger partial charge >= 0.3 is 12.1 Å². The molecule has 2 aromatic rings. The molecule has 7 heteroatoms. The lowest BCUT2D eigenvalue weighted by Crippen LogP contribution is -2.16. The molecule has 120 valence electrons. The van der Waals surface area contributed by atoms with Crippen LogP contribution in [0.2, 0.25) is 0 Å². The first kappa shape index (κ1) is 16.5. The number of halogens is 3. The maximum absolute atomic E-state index is 13.0. The maximum Gasteiger partial charge on any atom is 0.416 e. The average Bonchev–Trinajstić information content (AvgIpc) is 3.05. The van der Waals surface area contributed by atoms with Crippen molar-refractivity contribution in [2.75, 3.05) is 7.11 Å². The Balaban J connectivity index is 2.55. The molecule has 23 heavy (non-hydrogen) atoms. The summed E-state index contributed by atoms with van der Waals surface area (Å²) in [5.41, 5.74) is -1.65. The Kier molecular flexibility index (Phi) is 4.68. The van der Waals surface area contributed by atoms with Crippen molar-refractivity contribution in [3.63, 3.8) is 0 Å². The topological polar surface area (TPSA) is 59.2 Å². The SMILES string of the molecule is COC(=O)/C(=C\c1ccccc1C(F)(F)F)C(=O)c1ccc[nH]1. The minimum absolute atomic E-state index is 0.0751. The van der Waals surface area contributed by atoms with Crippen LogP contribution < -0.4 is 0 Å². The van der Waals surface area contributed by atoms with Crippen molar-refractivity contribution < 1.29 is 27.5 Å². The molecular weight excluding hydrogens is 311 g/mol. The molecule has 0 saturated heterocycles. The number of methoxy groups -OCH3 is 1. The van der Waals surface area contributed by atoms with Crippen LogP contribution >= 0.6 is 0 Å². The Bertz CT molecular complexity index is 746. The highest BCUT2D eigenvalue weighted by Crippen LogP contribution is 2.33. The van der Waals surface area contributed by atoms with E-state index in [1.54, 1.807) is 0 Å². The molecule has 0 atom stereocenters. The van der Waals surface area contributed by atoms with Crippen LogP contribution in [0.3, 0.4) is 0 Å². The molecule has 0 spiro atoms. The van der Waals surface area contributed by atoms with E-state index in [1.807, 2.05) is 0 Å². The third-order valence-electron chi connectivity index (χ3n) is 3.06. The van der Waals surface area contributed by atoms with Crippen LogP contribution in [0, 0.1) is 0 Å². The summed E-state index contributed by atoms with van der Waals surface area (Å²) in [4.78, 5) is 26.7. The fourth-order valence-electron chi connectivity index (χ4n) is 1.98. The van der Waals surface area contributed by atoms with Crippen LogP contribution in [-0.2, 0) is 15.7 Å². The molecule has 1 aromatic heterocycles. The number of benzene rings is 1. The molecule has 2 rings (SSSR count). The highest BCUT2D eigenvalue weighted by molar-refractivity contribution is 6.26. The van der Waals surface area contributed by atoms with Crippen molar-refractivity contribution in [2.24, 2.45) is 0 Å². The second-order valence-corrected chi connectivity index (χ2v) is 4.55. The largest absolute Gasteiger partial charge is 0.465 e. The minimum Gasteiger partial charge on any atom is -0.465 e. The third kappa shape index (κ3) is 3.68. The molecule has 0 fully saturated rings. The lowest BCUT2D eigenvalue weighted by molar-refractivity contribution is -0.138.